The average molecular weight is 257 g/mol. The Hall–Kier alpha value is -2.33. The molecule has 0 bridgehead atoms. The maximum absolute atomic E-state index is 11.4. The molecule has 2 aromatic rings. The maximum atomic E-state index is 11.4. The van der Waals surface area contributed by atoms with Crippen LogP contribution in [-0.4, -0.2) is 18.2 Å². The molecular weight excluding hydrogens is 242 g/mol. The largest absolute Gasteiger partial charge is 0.507 e. The zero-order valence-corrected chi connectivity index (χ0v) is 10.6. The molecule has 4 nitrogen and oxygen atoms in total. The number of carbonyl (C=O) groups excluding carboxylic acids is 1. The Morgan fingerprint density at radius 1 is 1.26 bits per heavy atom. The zero-order chi connectivity index (χ0) is 13.8. The van der Waals surface area contributed by atoms with Gasteiger partial charge in [-0.1, -0.05) is 18.2 Å². The van der Waals surface area contributed by atoms with Gasteiger partial charge in [-0.2, -0.15) is 0 Å². The molecular formula is C15H15NO3. The van der Waals surface area contributed by atoms with E-state index in [-0.39, 0.29) is 5.75 Å². The normalized spacial score (nSPS) is 10.2. The highest BCUT2D eigenvalue weighted by molar-refractivity contribution is 5.91. The molecule has 0 aliphatic rings. The lowest BCUT2D eigenvalue weighted by Gasteiger charge is -2.08. The highest BCUT2D eigenvalue weighted by Crippen LogP contribution is 2.30. The molecule has 0 aliphatic carbocycles. The smallest absolute Gasteiger partial charge is 0.337 e. The number of hydrogen-bond donors (Lipinski definition) is 2. The Morgan fingerprint density at radius 2 is 2.05 bits per heavy atom. The SMILES string of the molecule is COC(=O)c1ccc(-c2cccc(CN)c2)c(O)c1. The topological polar surface area (TPSA) is 72.5 Å². The van der Waals surface area contributed by atoms with E-state index in [1.807, 2.05) is 24.3 Å². The van der Waals surface area contributed by atoms with Gasteiger partial charge in [0.1, 0.15) is 5.75 Å². The maximum Gasteiger partial charge on any atom is 0.337 e. The third-order valence-corrected chi connectivity index (χ3v) is 2.89. The van der Waals surface area contributed by atoms with Crippen LogP contribution in [0, 0.1) is 0 Å². The molecule has 0 aliphatic heterocycles. The molecule has 4 heteroatoms. The minimum Gasteiger partial charge on any atom is -0.507 e. The summed E-state index contributed by atoms with van der Waals surface area (Å²) in [6.45, 7) is 0.439. The number of esters is 1. The first kappa shape index (κ1) is 13.1. The van der Waals surface area contributed by atoms with E-state index < -0.39 is 5.97 Å². The Bertz CT molecular complexity index is 608. The van der Waals surface area contributed by atoms with Crippen LogP contribution in [0.4, 0.5) is 0 Å². The Labute approximate surface area is 111 Å². The molecule has 0 saturated heterocycles. The minimum atomic E-state index is -0.474. The number of phenols is 1. The second kappa shape index (κ2) is 5.54. The van der Waals surface area contributed by atoms with E-state index in [9.17, 15) is 9.90 Å². The van der Waals surface area contributed by atoms with Crippen molar-refractivity contribution >= 4 is 5.97 Å². The number of methoxy groups -OCH3 is 1. The van der Waals surface area contributed by atoms with E-state index in [0.29, 0.717) is 17.7 Å². The Morgan fingerprint density at radius 3 is 2.68 bits per heavy atom. The van der Waals surface area contributed by atoms with Crippen LogP contribution in [0.1, 0.15) is 15.9 Å². The number of benzene rings is 2. The van der Waals surface area contributed by atoms with Crippen molar-refractivity contribution in [3.05, 3.63) is 53.6 Å². The molecule has 0 fully saturated rings. The third-order valence-electron chi connectivity index (χ3n) is 2.89. The van der Waals surface area contributed by atoms with Crippen molar-refractivity contribution in [2.45, 2.75) is 6.54 Å². The lowest BCUT2D eigenvalue weighted by atomic mass is 10.0. The van der Waals surface area contributed by atoms with Crippen LogP contribution < -0.4 is 5.73 Å². The molecule has 0 amide bonds. The second-order valence-electron chi connectivity index (χ2n) is 4.13. The predicted molar refractivity (Wildman–Crippen MR) is 72.8 cm³/mol. The third kappa shape index (κ3) is 2.74. The summed E-state index contributed by atoms with van der Waals surface area (Å²) in [5.74, 6) is -0.436. The van der Waals surface area contributed by atoms with Gasteiger partial charge in [0.2, 0.25) is 0 Å². The molecule has 0 unspecified atom stereocenters. The Balaban J connectivity index is 2.42. The van der Waals surface area contributed by atoms with E-state index >= 15 is 0 Å². The highest BCUT2D eigenvalue weighted by atomic mass is 16.5. The second-order valence-corrected chi connectivity index (χ2v) is 4.13. The molecule has 2 rings (SSSR count). The van der Waals surface area contributed by atoms with Crippen molar-refractivity contribution in [2.75, 3.05) is 7.11 Å². The summed E-state index contributed by atoms with van der Waals surface area (Å²) in [6.07, 6.45) is 0. The molecule has 0 spiro atoms. The first-order chi connectivity index (χ1) is 9.15. The summed E-state index contributed by atoms with van der Waals surface area (Å²) >= 11 is 0. The molecule has 98 valence electrons. The van der Waals surface area contributed by atoms with E-state index in [4.69, 9.17) is 5.73 Å². The number of ether oxygens (including phenoxy) is 1. The molecule has 19 heavy (non-hydrogen) atoms. The first-order valence-corrected chi connectivity index (χ1v) is 5.86. The highest BCUT2D eigenvalue weighted by Gasteiger charge is 2.10. The molecule has 0 radical (unpaired) electrons. The van der Waals surface area contributed by atoms with Crippen molar-refractivity contribution < 1.29 is 14.6 Å². The predicted octanol–water partition coefficient (Wildman–Crippen LogP) is 2.30. The number of carbonyl (C=O) groups is 1. The van der Waals surface area contributed by atoms with E-state index in [1.54, 1.807) is 12.1 Å². The summed E-state index contributed by atoms with van der Waals surface area (Å²) < 4.78 is 4.61. The van der Waals surface area contributed by atoms with Gasteiger partial charge in [0.05, 0.1) is 12.7 Å². The molecule has 0 atom stereocenters. The lowest BCUT2D eigenvalue weighted by molar-refractivity contribution is 0.0600. The van der Waals surface area contributed by atoms with Crippen molar-refractivity contribution in [1.29, 1.82) is 0 Å². The van der Waals surface area contributed by atoms with Crippen LogP contribution in [0.15, 0.2) is 42.5 Å². The number of aromatic hydroxyl groups is 1. The van der Waals surface area contributed by atoms with Crippen LogP contribution in [0.2, 0.25) is 0 Å². The summed E-state index contributed by atoms with van der Waals surface area (Å²) in [5.41, 5.74) is 8.41. The van der Waals surface area contributed by atoms with Crippen molar-refractivity contribution in [1.82, 2.24) is 0 Å². The average Bonchev–Trinajstić information content (AvgIpc) is 2.46. The summed E-state index contributed by atoms with van der Waals surface area (Å²) in [5, 5.41) is 10.0. The summed E-state index contributed by atoms with van der Waals surface area (Å²) in [7, 11) is 1.30. The van der Waals surface area contributed by atoms with Gasteiger partial charge < -0.3 is 15.6 Å². The fourth-order valence-corrected chi connectivity index (χ4v) is 1.89. The van der Waals surface area contributed by atoms with Gasteiger partial charge in [-0.3, -0.25) is 0 Å². The fourth-order valence-electron chi connectivity index (χ4n) is 1.89. The minimum absolute atomic E-state index is 0.0390. The quantitative estimate of drug-likeness (QED) is 0.827. The van der Waals surface area contributed by atoms with E-state index in [2.05, 4.69) is 4.74 Å². The first-order valence-electron chi connectivity index (χ1n) is 5.86. The standard InChI is InChI=1S/C15H15NO3/c1-19-15(18)12-5-6-13(14(17)8-12)11-4-2-3-10(7-11)9-16/h2-8,17H,9,16H2,1H3. The van der Waals surface area contributed by atoms with Gasteiger partial charge in [0, 0.05) is 12.1 Å². The summed E-state index contributed by atoms with van der Waals surface area (Å²) in [4.78, 5) is 11.4. The van der Waals surface area contributed by atoms with Crippen molar-refractivity contribution in [3.8, 4) is 16.9 Å². The van der Waals surface area contributed by atoms with Gasteiger partial charge in [0.25, 0.3) is 0 Å². The number of hydrogen-bond acceptors (Lipinski definition) is 4. The fraction of sp³-hybridized carbons (Fsp3) is 0.133. The molecule has 0 aromatic heterocycles. The van der Waals surface area contributed by atoms with Crippen LogP contribution in [-0.2, 0) is 11.3 Å². The molecule has 0 heterocycles. The molecule has 0 saturated carbocycles. The van der Waals surface area contributed by atoms with E-state index in [1.165, 1.54) is 13.2 Å². The van der Waals surface area contributed by atoms with Crippen LogP contribution in [0.3, 0.4) is 0 Å². The van der Waals surface area contributed by atoms with Crippen LogP contribution in [0.25, 0.3) is 11.1 Å². The zero-order valence-electron chi connectivity index (χ0n) is 10.6. The van der Waals surface area contributed by atoms with Crippen molar-refractivity contribution in [2.24, 2.45) is 5.73 Å². The van der Waals surface area contributed by atoms with Crippen LogP contribution >= 0.6 is 0 Å². The molecule has 3 N–H and O–H groups in total. The number of phenolic OH excluding ortho intramolecular Hbond substituents is 1. The van der Waals surface area contributed by atoms with Gasteiger partial charge in [0.15, 0.2) is 0 Å². The lowest BCUT2D eigenvalue weighted by Crippen LogP contribution is -2.00. The van der Waals surface area contributed by atoms with Crippen molar-refractivity contribution in [3.63, 3.8) is 0 Å². The van der Waals surface area contributed by atoms with Gasteiger partial charge in [-0.15, -0.1) is 0 Å². The number of nitrogens with two attached hydrogens (primary N) is 1. The van der Waals surface area contributed by atoms with Gasteiger partial charge in [-0.05, 0) is 35.4 Å². The Kier molecular flexibility index (Phi) is 3.82. The van der Waals surface area contributed by atoms with Gasteiger partial charge >= 0.3 is 5.97 Å². The number of rotatable bonds is 3. The van der Waals surface area contributed by atoms with Gasteiger partial charge in [-0.25, -0.2) is 4.79 Å². The summed E-state index contributed by atoms with van der Waals surface area (Å²) in [6, 6.07) is 12.3. The monoisotopic (exact) mass is 257 g/mol. The van der Waals surface area contributed by atoms with E-state index in [0.717, 1.165) is 11.1 Å². The van der Waals surface area contributed by atoms with Crippen LogP contribution in [0.5, 0.6) is 5.75 Å². The molecule has 2 aromatic carbocycles.